The molecule has 25 heavy (non-hydrogen) atoms. The lowest BCUT2D eigenvalue weighted by atomic mass is 9.79. The van der Waals surface area contributed by atoms with Crippen molar-refractivity contribution >= 4 is 15.9 Å². The van der Waals surface area contributed by atoms with E-state index in [4.69, 9.17) is 5.73 Å². The third-order valence-electron chi connectivity index (χ3n) is 5.10. The smallest absolute Gasteiger partial charge is 0.253 e. The van der Waals surface area contributed by atoms with Gasteiger partial charge in [-0.1, -0.05) is 13.8 Å². The third-order valence-corrected chi connectivity index (χ3v) is 7.15. The molecule has 1 saturated heterocycles. The summed E-state index contributed by atoms with van der Waals surface area (Å²) in [4.78, 5) is 14.7. The van der Waals surface area contributed by atoms with Gasteiger partial charge in [-0.05, 0) is 49.9 Å². The zero-order valence-electron chi connectivity index (χ0n) is 15.7. The highest BCUT2D eigenvalue weighted by Gasteiger charge is 2.35. The molecule has 7 heteroatoms. The number of nitrogens with zero attached hydrogens (tertiary/aromatic N) is 2. The van der Waals surface area contributed by atoms with E-state index in [9.17, 15) is 13.2 Å². The summed E-state index contributed by atoms with van der Waals surface area (Å²) in [6.07, 6.45) is 0.768. The van der Waals surface area contributed by atoms with Gasteiger partial charge in [-0.3, -0.25) is 4.79 Å². The predicted molar refractivity (Wildman–Crippen MR) is 98.8 cm³/mol. The molecule has 6 nitrogen and oxygen atoms in total. The van der Waals surface area contributed by atoms with Gasteiger partial charge in [0, 0.05) is 37.8 Å². The second-order valence-corrected chi connectivity index (χ2v) is 9.75. The Hall–Kier alpha value is -1.44. The summed E-state index contributed by atoms with van der Waals surface area (Å²) in [6, 6.07) is 6.13. The van der Waals surface area contributed by atoms with E-state index < -0.39 is 10.0 Å². The van der Waals surface area contributed by atoms with Gasteiger partial charge in [0.2, 0.25) is 10.0 Å². The molecule has 1 fully saturated rings. The van der Waals surface area contributed by atoms with Gasteiger partial charge in [0.25, 0.3) is 5.91 Å². The van der Waals surface area contributed by atoms with Crippen LogP contribution in [0, 0.1) is 5.41 Å². The Bertz CT molecular complexity index is 726. The second-order valence-electron chi connectivity index (χ2n) is 7.75. The predicted octanol–water partition coefficient (Wildman–Crippen LogP) is 1.91. The molecule has 0 saturated carbocycles. The van der Waals surface area contributed by atoms with Gasteiger partial charge in [-0.25, -0.2) is 8.42 Å². The zero-order chi connectivity index (χ0) is 19.0. The molecule has 0 bridgehead atoms. The van der Waals surface area contributed by atoms with Crippen LogP contribution in [0.15, 0.2) is 29.2 Å². The maximum atomic E-state index is 12.7. The number of hydrogen-bond donors (Lipinski definition) is 1. The van der Waals surface area contributed by atoms with E-state index >= 15 is 0 Å². The lowest BCUT2D eigenvalue weighted by Crippen LogP contribution is -2.54. The van der Waals surface area contributed by atoms with Crippen molar-refractivity contribution < 1.29 is 13.2 Å². The van der Waals surface area contributed by atoms with E-state index in [-0.39, 0.29) is 28.3 Å². The molecule has 0 spiro atoms. The topological polar surface area (TPSA) is 83.7 Å². The highest BCUT2D eigenvalue weighted by molar-refractivity contribution is 7.89. The van der Waals surface area contributed by atoms with E-state index in [1.54, 1.807) is 24.1 Å². The summed E-state index contributed by atoms with van der Waals surface area (Å²) in [7, 11) is -1.99. The maximum absolute atomic E-state index is 12.7. The quantitative estimate of drug-likeness (QED) is 0.881. The Kier molecular flexibility index (Phi) is 5.61. The van der Waals surface area contributed by atoms with Crippen LogP contribution < -0.4 is 5.73 Å². The molecular weight excluding hydrogens is 338 g/mol. The van der Waals surface area contributed by atoms with Gasteiger partial charge in [-0.2, -0.15) is 4.31 Å². The molecule has 1 atom stereocenters. The van der Waals surface area contributed by atoms with Crippen molar-refractivity contribution in [3.63, 3.8) is 0 Å². The van der Waals surface area contributed by atoms with Crippen LogP contribution in [0.1, 0.15) is 44.5 Å². The van der Waals surface area contributed by atoms with Gasteiger partial charge in [-0.15, -0.1) is 0 Å². The van der Waals surface area contributed by atoms with Crippen LogP contribution in [0.3, 0.4) is 0 Å². The number of sulfonamides is 1. The van der Waals surface area contributed by atoms with Crippen molar-refractivity contribution in [1.82, 2.24) is 9.21 Å². The van der Waals surface area contributed by atoms with Crippen LogP contribution in [0.2, 0.25) is 0 Å². The highest BCUT2D eigenvalue weighted by atomic mass is 32.2. The second kappa shape index (κ2) is 7.05. The van der Waals surface area contributed by atoms with Gasteiger partial charge in [0.15, 0.2) is 0 Å². The summed E-state index contributed by atoms with van der Waals surface area (Å²) in [5, 5.41) is 0. The molecule has 2 rings (SSSR count). The van der Waals surface area contributed by atoms with Crippen molar-refractivity contribution in [1.29, 1.82) is 0 Å². The van der Waals surface area contributed by atoms with Crippen LogP contribution in [-0.2, 0) is 10.0 Å². The highest BCUT2D eigenvalue weighted by Crippen LogP contribution is 2.28. The zero-order valence-corrected chi connectivity index (χ0v) is 16.5. The molecule has 1 amide bonds. The summed E-state index contributed by atoms with van der Waals surface area (Å²) >= 11 is 0. The summed E-state index contributed by atoms with van der Waals surface area (Å²) in [5.74, 6) is -0.0823. The molecule has 0 aromatic heterocycles. The number of piperidine rings is 1. The molecule has 1 aliphatic rings. The molecule has 1 aromatic carbocycles. The Labute approximate surface area is 151 Å². The fourth-order valence-electron chi connectivity index (χ4n) is 2.94. The lowest BCUT2D eigenvalue weighted by Gasteiger charge is -2.42. The fraction of sp³-hybridized carbons (Fsp3) is 0.611. The first kappa shape index (κ1) is 19.9. The van der Waals surface area contributed by atoms with Crippen LogP contribution in [0.4, 0.5) is 0 Å². The average Bonchev–Trinajstić information content (AvgIpc) is 2.55. The van der Waals surface area contributed by atoms with Gasteiger partial charge in [0.05, 0.1) is 4.90 Å². The number of amides is 1. The fourth-order valence-corrected chi connectivity index (χ4v) is 4.31. The largest absolute Gasteiger partial charge is 0.338 e. The van der Waals surface area contributed by atoms with Crippen molar-refractivity contribution in [3.05, 3.63) is 29.8 Å². The number of likely N-dealkylation sites (tertiary alicyclic amines) is 1. The minimum absolute atomic E-state index is 0.0793. The molecule has 1 aliphatic heterocycles. The minimum atomic E-state index is -3.54. The van der Waals surface area contributed by atoms with Crippen LogP contribution in [0.5, 0.6) is 0 Å². The van der Waals surface area contributed by atoms with E-state index in [1.165, 1.54) is 16.4 Å². The number of nitrogens with two attached hydrogens (primary N) is 1. The number of hydrogen-bond acceptors (Lipinski definition) is 4. The molecule has 0 radical (unpaired) electrons. The van der Waals surface area contributed by atoms with E-state index in [0.717, 1.165) is 6.42 Å². The molecule has 1 aromatic rings. The van der Waals surface area contributed by atoms with Crippen molar-refractivity contribution in [2.75, 3.05) is 20.1 Å². The van der Waals surface area contributed by atoms with Gasteiger partial charge in [0.1, 0.15) is 0 Å². The van der Waals surface area contributed by atoms with Crippen molar-refractivity contribution in [2.45, 2.75) is 51.1 Å². The monoisotopic (exact) mass is 367 g/mol. The van der Waals surface area contributed by atoms with Crippen molar-refractivity contribution in [3.8, 4) is 0 Å². The standard InChI is InChI=1S/C18H29N3O3S/c1-13(2)20(5)25(23,24)15-8-6-14(7-9-15)17(22)21-11-10-16(19)18(3,4)12-21/h6-9,13,16H,10-12,19H2,1-5H3. The minimum Gasteiger partial charge on any atom is -0.338 e. The third kappa shape index (κ3) is 4.04. The van der Waals surface area contributed by atoms with E-state index in [2.05, 4.69) is 13.8 Å². The van der Waals surface area contributed by atoms with E-state index in [0.29, 0.717) is 18.7 Å². The average molecular weight is 368 g/mol. The molecule has 0 aliphatic carbocycles. The Morgan fingerprint density at radius 2 is 1.84 bits per heavy atom. The number of carbonyl (C=O) groups excluding carboxylic acids is 1. The van der Waals surface area contributed by atoms with Gasteiger partial charge < -0.3 is 10.6 Å². The molecular formula is C18H29N3O3S. The Balaban J connectivity index is 2.19. The van der Waals surface area contributed by atoms with Crippen LogP contribution in [0.25, 0.3) is 0 Å². The molecule has 1 heterocycles. The Morgan fingerprint density at radius 1 is 1.28 bits per heavy atom. The first-order chi connectivity index (χ1) is 11.5. The maximum Gasteiger partial charge on any atom is 0.253 e. The molecule has 140 valence electrons. The molecule has 2 N–H and O–H groups in total. The first-order valence-corrected chi connectivity index (χ1v) is 10.0. The van der Waals surface area contributed by atoms with Crippen LogP contribution in [-0.4, -0.2) is 55.8 Å². The van der Waals surface area contributed by atoms with Crippen LogP contribution >= 0.6 is 0 Å². The number of carbonyl (C=O) groups is 1. The number of benzene rings is 1. The van der Waals surface area contributed by atoms with Gasteiger partial charge >= 0.3 is 0 Å². The van der Waals surface area contributed by atoms with Crippen molar-refractivity contribution in [2.24, 2.45) is 11.1 Å². The first-order valence-electron chi connectivity index (χ1n) is 8.60. The normalized spacial score (nSPS) is 21.0. The Morgan fingerprint density at radius 3 is 2.32 bits per heavy atom. The lowest BCUT2D eigenvalue weighted by molar-refractivity contribution is 0.0533. The number of rotatable bonds is 4. The summed E-state index contributed by atoms with van der Waals surface area (Å²) in [5.41, 5.74) is 6.49. The molecule has 1 unspecified atom stereocenters. The summed E-state index contributed by atoms with van der Waals surface area (Å²) in [6.45, 7) is 8.99. The SMILES string of the molecule is CC(C)N(C)S(=O)(=O)c1ccc(C(=O)N2CCC(N)C(C)(C)C2)cc1. The van der Waals surface area contributed by atoms with E-state index in [1.807, 2.05) is 13.8 Å². The summed E-state index contributed by atoms with van der Waals surface area (Å²) < 4.78 is 26.3.